The second-order valence-electron chi connectivity index (χ2n) is 2.06. The number of hydrogen-bond donors (Lipinski definition) is 3. The van der Waals surface area contributed by atoms with Gasteiger partial charge >= 0.3 is 0 Å². The van der Waals surface area contributed by atoms with Gasteiger partial charge in [0, 0.05) is 7.05 Å². The van der Waals surface area contributed by atoms with Crippen LogP contribution in [0, 0.1) is 0 Å². The topological polar surface area (TPSA) is 64.1 Å². The molecular formula is C7H11N3. The Balaban J connectivity index is 3.17. The molecule has 10 heavy (non-hydrogen) atoms. The smallest absolute Gasteiger partial charge is 0.0804 e. The van der Waals surface area contributed by atoms with E-state index >= 15 is 0 Å². The van der Waals surface area contributed by atoms with Crippen molar-refractivity contribution in [3.05, 3.63) is 18.2 Å². The molecule has 1 aromatic carbocycles. The molecule has 0 unspecified atom stereocenters. The third-order valence-corrected chi connectivity index (χ3v) is 1.38. The van der Waals surface area contributed by atoms with Gasteiger partial charge in [-0.25, -0.2) is 0 Å². The molecule has 0 bridgehead atoms. The van der Waals surface area contributed by atoms with Crippen LogP contribution in [0.1, 0.15) is 0 Å². The minimum atomic E-state index is 0.683. The van der Waals surface area contributed by atoms with Crippen LogP contribution in [-0.4, -0.2) is 7.05 Å². The first-order valence-corrected chi connectivity index (χ1v) is 3.07. The third-order valence-electron chi connectivity index (χ3n) is 1.38. The summed E-state index contributed by atoms with van der Waals surface area (Å²) < 4.78 is 0. The highest BCUT2D eigenvalue weighted by Gasteiger charge is 1.97. The van der Waals surface area contributed by atoms with E-state index in [0.717, 1.165) is 5.69 Å². The van der Waals surface area contributed by atoms with Gasteiger partial charge in [0.05, 0.1) is 17.1 Å². The molecule has 1 aromatic rings. The molecule has 0 heterocycles. The molecule has 0 aliphatic rings. The van der Waals surface area contributed by atoms with Gasteiger partial charge in [-0.1, -0.05) is 6.07 Å². The lowest BCUT2D eigenvalue weighted by atomic mass is 10.2. The molecule has 1 rings (SSSR count). The molecule has 5 N–H and O–H groups in total. The Morgan fingerprint density at radius 2 is 1.70 bits per heavy atom. The summed E-state index contributed by atoms with van der Waals surface area (Å²) in [5.41, 5.74) is 13.4. The zero-order valence-corrected chi connectivity index (χ0v) is 5.89. The lowest BCUT2D eigenvalue weighted by Crippen LogP contribution is -1.99. The van der Waals surface area contributed by atoms with E-state index in [2.05, 4.69) is 5.32 Å². The summed E-state index contributed by atoms with van der Waals surface area (Å²) in [7, 11) is 1.79. The number of nitrogen functional groups attached to an aromatic ring is 2. The molecule has 0 spiro atoms. The van der Waals surface area contributed by atoms with Crippen LogP contribution >= 0.6 is 0 Å². The molecule has 0 fully saturated rings. The number of nitrogens with one attached hydrogen (secondary N) is 1. The Kier molecular flexibility index (Phi) is 1.67. The zero-order chi connectivity index (χ0) is 7.56. The predicted octanol–water partition coefficient (Wildman–Crippen LogP) is 0.893. The van der Waals surface area contributed by atoms with E-state index in [-0.39, 0.29) is 0 Å². The van der Waals surface area contributed by atoms with Crippen LogP contribution in [-0.2, 0) is 0 Å². The lowest BCUT2D eigenvalue weighted by Gasteiger charge is -2.06. The SMILES string of the molecule is CNc1c(N)cccc1N. The Morgan fingerprint density at radius 1 is 1.20 bits per heavy atom. The van der Waals surface area contributed by atoms with Crippen LogP contribution in [0.5, 0.6) is 0 Å². The quantitative estimate of drug-likeness (QED) is 0.504. The Bertz CT molecular complexity index is 212. The van der Waals surface area contributed by atoms with E-state index in [1.807, 2.05) is 18.2 Å². The molecular weight excluding hydrogens is 126 g/mol. The number of para-hydroxylation sites is 1. The van der Waals surface area contributed by atoms with Crippen molar-refractivity contribution in [2.45, 2.75) is 0 Å². The van der Waals surface area contributed by atoms with Gasteiger partial charge in [-0.05, 0) is 12.1 Å². The maximum atomic E-state index is 5.59. The standard InChI is InChI=1S/C7H11N3/c1-10-7-5(8)3-2-4-6(7)9/h2-4,10H,8-9H2,1H3. The fraction of sp³-hybridized carbons (Fsp3) is 0.143. The van der Waals surface area contributed by atoms with Crippen molar-refractivity contribution in [1.82, 2.24) is 0 Å². The fourth-order valence-electron chi connectivity index (χ4n) is 0.877. The normalized spacial score (nSPS) is 9.30. The molecule has 0 atom stereocenters. The monoisotopic (exact) mass is 137 g/mol. The summed E-state index contributed by atoms with van der Waals surface area (Å²) >= 11 is 0. The molecule has 3 nitrogen and oxygen atoms in total. The second kappa shape index (κ2) is 2.47. The van der Waals surface area contributed by atoms with Crippen molar-refractivity contribution in [1.29, 1.82) is 0 Å². The van der Waals surface area contributed by atoms with Gasteiger partial charge in [0.2, 0.25) is 0 Å². The van der Waals surface area contributed by atoms with Gasteiger partial charge in [0.25, 0.3) is 0 Å². The van der Waals surface area contributed by atoms with Crippen molar-refractivity contribution in [2.24, 2.45) is 0 Å². The molecule has 0 saturated heterocycles. The first-order valence-electron chi connectivity index (χ1n) is 3.07. The fourth-order valence-corrected chi connectivity index (χ4v) is 0.877. The first-order chi connectivity index (χ1) is 4.75. The van der Waals surface area contributed by atoms with Crippen molar-refractivity contribution < 1.29 is 0 Å². The van der Waals surface area contributed by atoms with Gasteiger partial charge in [0.1, 0.15) is 0 Å². The van der Waals surface area contributed by atoms with Gasteiger partial charge < -0.3 is 16.8 Å². The third kappa shape index (κ3) is 0.978. The molecule has 0 aliphatic carbocycles. The minimum absolute atomic E-state index is 0.683. The van der Waals surface area contributed by atoms with Gasteiger partial charge in [-0.3, -0.25) is 0 Å². The van der Waals surface area contributed by atoms with Crippen LogP contribution in [0.3, 0.4) is 0 Å². The van der Waals surface area contributed by atoms with Gasteiger partial charge in [0.15, 0.2) is 0 Å². The number of hydrogen-bond acceptors (Lipinski definition) is 3. The Hall–Kier alpha value is -1.38. The zero-order valence-electron chi connectivity index (χ0n) is 5.89. The highest BCUT2D eigenvalue weighted by molar-refractivity contribution is 5.78. The Labute approximate surface area is 60.0 Å². The maximum Gasteiger partial charge on any atom is 0.0804 e. The highest BCUT2D eigenvalue weighted by Crippen LogP contribution is 2.23. The first kappa shape index (κ1) is 6.74. The summed E-state index contributed by atoms with van der Waals surface area (Å²) in [4.78, 5) is 0. The predicted molar refractivity (Wildman–Crippen MR) is 44.8 cm³/mol. The van der Waals surface area contributed by atoms with Crippen LogP contribution in [0.25, 0.3) is 0 Å². The summed E-state index contributed by atoms with van der Waals surface area (Å²) in [6, 6.07) is 5.44. The molecule has 0 aliphatic heterocycles. The van der Waals surface area contributed by atoms with Gasteiger partial charge in [-0.15, -0.1) is 0 Å². The van der Waals surface area contributed by atoms with Crippen LogP contribution in [0.4, 0.5) is 17.1 Å². The molecule has 0 aromatic heterocycles. The largest absolute Gasteiger partial charge is 0.397 e. The van der Waals surface area contributed by atoms with E-state index in [4.69, 9.17) is 11.5 Å². The molecule has 0 saturated carbocycles. The van der Waals surface area contributed by atoms with E-state index in [1.54, 1.807) is 7.05 Å². The number of benzene rings is 1. The van der Waals surface area contributed by atoms with E-state index in [9.17, 15) is 0 Å². The number of anilines is 3. The molecule has 0 radical (unpaired) electrons. The van der Waals surface area contributed by atoms with Crippen LogP contribution in [0.15, 0.2) is 18.2 Å². The molecule has 54 valence electrons. The van der Waals surface area contributed by atoms with E-state index < -0.39 is 0 Å². The van der Waals surface area contributed by atoms with Crippen molar-refractivity contribution in [2.75, 3.05) is 23.8 Å². The molecule has 0 amide bonds. The van der Waals surface area contributed by atoms with Gasteiger partial charge in [-0.2, -0.15) is 0 Å². The number of rotatable bonds is 1. The summed E-state index contributed by atoms with van der Waals surface area (Å²) in [5.74, 6) is 0. The van der Waals surface area contributed by atoms with Crippen LogP contribution < -0.4 is 16.8 Å². The summed E-state index contributed by atoms with van der Waals surface area (Å²) in [6.45, 7) is 0. The molecule has 3 heteroatoms. The lowest BCUT2D eigenvalue weighted by molar-refractivity contribution is 1.51. The maximum absolute atomic E-state index is 5.59. The minimum Gasteiger partial charge on any atom is -0.397 e. The second-order valence-corrected chi connectivity index (χ2v) is 2.06. The van der Waals surface area contributed by atoms with Crippen molar-refractivity contribution >= 4 is 17.1 Å². The summed E-state index contributed by atoms with van der Waals surface area (Å²) in [6.07, 6.45) is 0. The van der Waals surface area contributed by atoms with Crippen molar-refractivity contribution in [3.63, 3.8) is 0 Å². The van der Waals surface area contributed by atoms with Crippen molar-refractivity contribution in [3.8, 4) is 0 Å². The van der Waals surface area contributed by atoms with E-state index in [0.29, 0.717) is 11.4 Å². The average Bonchev–Trinajstić information content (AvgIpc) is 1.88. The highest BCUT2D eigenvalue weighted by atomic mass is 14.9. The van der Waals surface area contributed by atoms with Crippen LogP contribution in [0.2, 0.25) is 0 Å². The van der Waals surface area contributed by atoms with E-state index in [1.165, 1.54) is 0 Å². The Morgan fingerprint density at radius 3 is 2.00 bits per heavy atom. The number of nitrogens with two attached hydrogens (primary N) is 2. The average molecular weight is 137 g/mol. The summed E-state index contributed by atoms with van der Waals surface area (Å²) in [5, 5.41) is 2.91.